The topological polar surface area (TPSA) is 162 Å². The average molecular weight is 251 g/mol. The first-order valence-electron chi connectivity index (χ1n) is 1.79. The van der Waals surface area contributed by atoms with Gasteiger partial charge in [0.25, 0.3) is 0 Å². The molecule has 0 aromatic heterocycles. The number of rotatable bonds is 0. The Hall–Kier alpha value is 0.607. The minimum Gasteiger partial charge on any atom is -0.368 e. The molecule has 0 aliphatic heterocycles. The van der Waals surface area contributed by atoms with Gasteiger partial charge < -0.3 is 38.4 Å². The summed E-state index contributed by atoms with van der Waals surface area (Å²) in [5.41, 5.74) is 0. The van der Waals surface area contributed by atoms with Gasteiger partial charge in [0, 0.05) is 16.5 Å². The second-order valence-electron chi connectivity index (χ2n) is 1.20. The fraction of sp³-hybridized carbons (Fsp3) is 0. The zero-order valence-electron chi connectivity index (χ0n) is 4.89. The van der Waals surface area contributed by atoms with Gasteiger partial charge in [0.2, 0.25) is 0 Å². The molecule has 0 heterocycles. The third kappa shape index (κ3) is 2130. The molecule has 0 fully saturated rings. The maximum absolute atomic E-state index is 7.33. The van der Waals surface area contributed by atoms with Crippen LogP contribution >= 0.6 is 0 Å². The summed E-state index contributed by atoms with van der Waals surface area (Å²) in [5.74, 6) is 0. The first-order valence-corrected chi connectivity index (χ1v) is 5.37. The summed E-state index contributed by atoms with van der Waals surface area (Å²) in [7, 11) is -9.22. The molecule has 0 radical (unpaired) electrons. The van der Waals surface area contributed by atoms with E-state index in [2.05, 4.69) is 0 Å². The molecule has 0 aliphatic rings. The van der Waals surface area contributed by atoms with Gasteiger partial charge in [0.15, 0.2) is 0 Å². The quantitative estimate of drug-likeness (QED) is 0.198. The molecule has 8 N–H and O–H groups in total. The molecule has 0 aromatic rings. The van der Waals surface area contributed by atoms with Crippen molar-refractivity contribution in [3.05, 3.63) is 0 Å². The predicted octanol–water partition coefficient (Wildman–Crippen LogP) is -5.22. The Bertz CT molecular complexity index is 55.1. The normalized spacial score (nSPS) is 10.9. The molecule has 0 bridgehead atoms. The van der Waals surface area contributed by atoms with Crippen molar-refractivity contribution in [1.29, 1.82) is 0 Å². The maximum Gasteiger partial charge on any atom is 0.668 e. The summed E-state index contributed by atoms with van der Waals surface area (Å²) in [6.45, 7) is 0. The van der Waals surface area contributed by atoms with Gasteiger partial charge in [-0.15, -0.1) is 0 Å². The number of hydrogen-bond acceptors (Lipinski definition) is 8. The molecule has 0 aromatic carbocycles. The van der Waals surface area contributed by atoms with E-state index in [1.807, 2.05) is 0 Å². The van der Waals surface area contributed by atoms with Crippen LogP contribution in [0.4, 0.5) is 0 Å². The van der Waals surface area contributed by atoms with Crippen LogP contribution in [0.2, 0.25) is 0 Å². The summed E-state index contributed by atoms with van der Waals surface area (Å²) in [4.78, 5) is 58.6. The van der Waals surface area contributed by atoms with Crippen molar-refractivity contribution in [3.63, 3.8) is 0 Å². The fourth-order valence-corrected chi connectivity index (χ4v) is 0. The third-order valence-electron chi connectivity index (χ3n) is 0. The van der Waals surface area contributed by atoms with Gasteiger partial charge in [-0.05, 0) is 0 Å². The summed E-state index contributed by atoms with van der Waals surface area (Å²) in [5, 5.41) is 0. The Morgan fingerprint density at radius 1 is 0.455 bits per heavy atom. The van der Waals surface area contributed by atoms with Crippen LogP contribution in [0.5, 0.6) is 0 Å². The van der Waals surface area contributed by atoms with Crippen molar-refractivity contribution < 1.29 is 54.9 Å². The van der Waals surface area contributed by atoms with Gasteiger partial charge in [0.05, 0.1) is 0 Å². The van der Waals surface area contributed by atoms with E-state index in [-0.39, 0.29) is 16.5 Å². The molecule has 0 rings (SSSR count). The maximum atomic E-state index is 7.33. The van der Waals surface area contributed by atoms with Crippen molar-refractivity contribution in [2.24, 2.45) is 0 Å². The van der Waals surface area contributed by atoms with Crippen LogP contribution < -0.4 is 0 Å². The van der Waals surface area contributed by atoms with Crippen LogP contribution in [0.3, 0.4) is 0 Å². The molecule has 0 aliphatic carbocycles. The second-order valence-corrected chi connectivity index (χ2v) is 3.60. The van der Waals surface area contributed by atoms with Gasteiger partial charge in [-0.3, -0.25) is 0 Å². The molecular formula is H8NiO8Si2. The molecular weight excluding hydrogens is 243 g/mol. The van der Waals surface area contributed by atoms with Crippen LogP contribution in [0, 0.1) is 0 Å². The average Bonchev–Trinajstić information content (AvgIpc) is 1.12. The van der Waals surface area contributed by atoms with E-state index in [9.17, 15) is 0 Å². The largest absolute Gasteiger partial charge is 0.668 e. The van der Waals surface area contributed by atoms with Crippen molar-refractivity contribution in [3.8, 4) is 0 Å². The molecule has 0 atom stereocenters. The standard InChI is InChI=1S/Ni.2H4O4Si/c;2*1-5(2,3)4/h;2*1-4H. The predicted molar refractivity (Wildman–Crippen MR) is 29.3 cm³/mol. The van der Waals surface area contributed by atoms with E-state index in [1.54, 1.807) is 0 Å². The minimum atomic E-state index is -4.61. The Morgan fingerprint density at radius 2 is 0.455 bits per heavy atom. The SMILES string of the molecule is O[Si](O)(O)O.O[Si](O)(O)O.[Ni]. The first-order chi connectivity index (χ1) is 4.00. The first kappa shape index (κ1) is 17.6. The second kappa shape index (κ2) is 6.16. The molecule has 11 heteroatoms. The van der Waals surface area contributed by atoms with Gasteiger partial charge in [-0.2, -0.15) is 0 Å². The van der Waals surface area contributed by atoms with Gasteiger partial charge >= 0.3 is 18.1 Å². The van der Waals surface area contributed by atoms with Gasteiger partial charge in [0.1, 0.15) is 0 Å². The van der Waals surface area contributed by atoms with Crippen LogP contribution in [-0.2, 0) is 16.5 Å². The van der Waals surface area contributed by atoms with E-state index in [0.717, 1.165) is 0 Å². The molecule has 74 valence electrons. The number of hydrogen-bond donors (Lipinski definition) is 8. The molecule has 0 spiro atoms. The van der Waals surface area contributed by atoms with E-state index >= 15 is 0 Å². The molecule has 0 amide bonds. The van der Waals surface area contributed by atoms with E-state index in [1.165, 1.54) is 0 Å². The smallest absolute Gasteiger partial charge is 0.368 e. The summed E-state index contributed by atoms with van der Waals surface area (Å²) < 4.78 is 0. The van der Waals surface area contributed by atoms with Crippen LogP contribution in [-0.4, -0.2) is 56.5 Å². The molecule has 8 nitrogen and oxygen atoms in total. The Morgan fingerprint density at radius 3 is 0.455 bits per heavy atom. The monoisotopic (exact) mass is 250 g/mol. The molecule has 0 unspecified atom stereocenters. The van der Waals surface area contributed by atoms with Crippen molar-refractivity contribution in [2.45, 2.75) is 0 Å². The molecule has 0 saturated heterocycles. The summed E-state index contributed by atoms with van der Waals surface area (Å²) in [6, 6.07) is 0. The zero-order valence-corrected chi connectivity index (χ0v) is 7.88. The van der Waals surface area contributed by atoms with Gasteiger partial charge in [-0.1, -0.05) is 0 Å². The molecule has 0 saturated carbocycles. The van der Waals surface area contributed by atoms with E-state index in [0.29, 0.717) is 0 Å². The van der Waals surface area contributed by atoms with Crippen molar-refractivity contribution in [1.82, 2.24) is 0 Å². The van der Waals surface area contributed by atoms with Crippen molar-refractivity contribution >= 4 is 18.1 Å². The zero-order chi connectivity index (χ0) is 9.00. The minimum absolute atomic E-state index is 0. The van der Waals surface area contributed by atoms with E-state index in [4.69, 9.17) is 38.4 Å². The Balaban J connectivity index is -0.000000107. The summed E-state index contributed by atoms with van der Waals surface area (Å²) in [6.07, 6.45) is 0. The summed E-state index contributed by atoms with van der Waals surface area (Å²) >= 11 is 0. The van der Waals surface area contributed by atoms with Crippen LogP contribution in [0.15, 0.2) is 0 Å². The van der Waals surface area contributed by atoms with E-state index < -0.39 is 18.1 Å². The Labute approximate surface area is 73.5 Å². The molecule has 11 heavy (non-hydrogen) atoms. The Kier molecular flexibility index (Phi) is 9.87. The van der Waals surface area contributed by atoms with Crippen LogP contribution in [0.25, 0.3) is 0 Å². The van der Waals surface area contributed by atoms with Gasteiger partial charge in [-0.25, -0.2) is 0 Å². The van der Waals surface area contributed by atoms with Crippen molar-refractivity contribution in [2.75, 3.05) is 0 Å². The fourth-order valence-electron chi connectivity index (χ4n) is 0. The third-order valence-corrected chi connectivity index (χ3v) is 0. The van der Waals surface area contributed by atoms with Crippen LogP contribution in [0.1, 0.15) is 0 Å².